The molecule has 2 amide bonds. The summed E-state index contributed by atoms with van der Waals surface area (Å²) in [5, 5.41) is 18.1. The normalized spacial score (nSPS) is 10.0. The number of benzene rings is 1. The number of rotatable bonds is 5. The molecule has 0 fully saturated rings. The number of amides is 2. The van der Waals surface area contributed by atoms with E-state index in [4.69, 9.17) is 5.11 Å². The molecule has 0 aliphatic rings. The maximum absolute atomic E-state index is 11.6. The van der Waals surface area contributed by atoms with Gasteiger partial charge in [0.1, 0.15) is 0 Å². The molecule has 3 N–H and O–H groups in total. The minimum atomic E-state index is -1.000. The molecule has 0 radical (unpaired) electrons. The Morgan fingerprint density at radius 1 is 1.25 bits per heavy atom. The van der Waals surface area contributed by atoms with Crippen molar-refractivity contribution in [2.75, 3.05) is 11.9 Å². The minimum absolute atomic E-state index is 0.176. The van der Waals surface area contributed by atoms with Gasteiger partial charge >= 0.3 is 12.0 Å². The van der Waals surface area contributed by atoms with Gasteiger partial charge < -0.3 is 15.7 Å². The number of anilines is 1. The molecule has 0 bridgehead atoms. The zero-order chi connectivity index (χ0) is 14.4. The third-order valence-corrected chi connectivity index (χ3v) is 2.58. The smallest absolute Gasteiger partial charge is 0.335 e. The molecule has 0 spiro atoms. The number of nitrogens with zero attached hydrogens (tertiary/aromatic N) is 2. The van der Waals surface area contributed by atoms with Crippen molar-refractivity contribution >= 4 is 17.7 Å². The maximum atomic E-state index is 11.6. The number of carboxylic acids is 1. The van der Waals surface area contributed by atoms with Crippen LogP contribution in [0.3, 0.4) is 0 Å². The lowest BCUT2D eigenvalue weighted by molar-refractivity contribution is 0.0697. The van der Waals surface area contributed by atoms with Gasteiger partial charge in [-0.3, -0.25) is 4.68 Å². The number of aromatic carboxylic acids is 1. The average molecular weight is 274 g/mol. The van der Waals surface area contributed by atoms with E-state index < -0.39 is 5.97 Å². The fourth-order valence-electron chi connectivity index (χ4n) is 1.59. The number of hydrogen-bond acceptors (Lipinski definition) is 3. The Morgan fingerprint density at radius 3 is 2.60 bits per heavy atom. The summed E-state index contributed by atoms with van der Waals surface area (Å²) in [5.74, 6) is -1.000. The van der Waals surface area contributed by atoms with E-state index in [1.807, 2.05) is 12.3 Å². The first-order chi connectivity index (χ1) is 9.65. The summed E-state index contributed by atoms with van der Waals surface area (Å²) in [6.07, 6.45) is 3.48. The van der Waals surface area contributed by atoms with E-state index in [0.29, 0.717) is 18.8 Å². The molecule has 7 heteroatoms. The van der Waals surface area contributed by atoms with Crippen molar-refractivity contribution in [2.24, 2.45) is 0 Å². The van der Waals surface area contributed by atoms with Gasteiger partial charge in [0, 0.05) is 24.6 Å². The van der Waals surface area contributed by atoms with Gasteiger partial charge in [0.05, 0.1) is 12.1 Å². The van der Waals surface area contributed by atoms with E-state index in [1.165, 1.54) is 24.3 Å². The van der Waals surface area contributed by atoms with Crippen molar-refractivity contribution in [3.63, 3.8) is 0 Å². The average Bonchev–Trinajstić information content (AvgIpc) is 2.92. The largest absolute Gasteiger partial charge is 0.478 e. The summed E-state index contributed by atoms with van der Waals surface area (Å²) >= 11 is 0. The first-order valence-electron chi connectivity index (χ1n) is 6.01. The van der Waals surface area contributed by atoms with Crippen molar-refractivity contribution in [3.8, 4) is 0 Å². The van der Waals surface area contributed by atoms with Crippen LogP contribution in [0.4, 0.5) is 10.5 Å². The number of nitrogens with one attached hydrogen (secondary N) is 2. The van der Waals surface area contributed by atoms with E-state index in [1.54, 1.807) is 10.9 Å². The van der Waals surface area contributed by atoms with Gasteiger partial charge in [-0.15, -0.1) is 0 Å². The molecule has 1 aromatic carbocycles. The van der Waals surface area contributed by atoms with Crippen LogP contribution in [0.25, 0.3) is 0 Å². The Hall–Kier alpha value is -2.83. The van der Waals surface area contributed by atoms with Crippen LogP contribution in [-0.4, -0.2) is 33.4 Å². The molecule has 1 aromatic heterocycles. The number of carbonyl (C=O) groups excluding carboxylic acids is 1. The van der Waals surface area contributed by atoms with Gasteiger partial charge in [0.25, 0.3) is 0 Å². The lowest BCUT2D eigenvalue weighted by atomic mass is 10.2. The second-order valence-corrected chi connectivity index (χ2v) is 4.03. The van der Waals surface area contributed by atoms with Crippen LogP contribution in [0.1, 0.15) is 10.4 Å². The molecule has 2 aromatic rings. The van der Waals surface area contributed by atoms with Crippen LogP contribution in [0.15, 0.2) is 42.7 Å². The Bertz CT molecular complexity index is 578. The molecule has 2 rings (SSSR count). The molecule has 0 aliphatic heterocycles. The highest BCUT2D eigenvalue weighted by molar-refractivity contribution is 5.91. The second-order valence-electron chi connectivity index (χ2n) is 4.03. The predicted octanol–water partition coefficient (Wildman–Crippen LogP) is 1.40. The molecule has 7 nitrogen and oxygen atoms in total. The maximum Gasteiger partial charge on any atom is 0.335 e. The number of hydrogen-bond donors (Lipinski definition) is 3. The molecule has 0 aliphatic carbocycles. The molecule has 0 unspecified atom stereocenters. The summed E-state index contributed by atoms with van der Waals surface area (Å²) < 4.78 is 1.71. The van der Waals surface area contributed by atoms with Gasteiger partial charge in [-0.05, 0) is 30.3 Å². The second kappa shape index (κ2) is 6.37. The Morgan fingerprint density at radius 2 is 2.00 bits per heavy atom. The highest BCUT2D eigenvalue weighted by Gasteiger charge is 2.04. The SMILES string of the molecule is O=C(NCCn1cccn1)Nc1ccc(C(=O)O)cc1. The number of carbonyl (C=O) groups is 2. The summed E-state index contributed by atoms with van der Waals surface area (Å²) in [4.78, 5) is 22.3. The molecule has 104 valence electrons. The van der Waals surface area contributed by atoms with E-state index in [2.05, 4.69) is 15.7 Å². The summed E-state index contributed by atoms with van der Waals surface area (Å²) in [7, 11) is 0. The molecular formula is C13H14N4O3. The number of aromatic nitrogens is 2. The lowest BCUT2D eigenvalue weighted by Gasteiger charge is -2.08. The molecule has 0 saturated heterocycles. The zero-order valence-electron chi connectivity index (χ0n) is 10.6. The van der Waals surface area contributed by atoms with Crippen LogP contribution in [0.5, 0.6) is 0 Å². The Balaban J connectivity index is 1.77. The highest BCUT2D eigenvalue weighted by atomic mass is 16.4. The van der Waals surface area contributed by atoms with Crippen molar-refractivity contribution < 1.29 is 14.7 Å². The topological polar surface area (TPSA) is 96.3 Å². The molecule has 0 atom stereocenters. The standard InChI is InChI=1S/C13H14N4O3/c18-12(19)10-2-4-11(5-3-10)16-13(20)14-7-9-17-8-1-6-15-17/h1-6,8H,7,9H2,(H,18,19)(H2,14,16,20). The Labute approximate surface area is 115 Å². The van der Waals surface area contributed by atoms with Crippen LogP contribution in [0, 0.1) is 0 Å². The van der Waals surface area contributed by atoms with Crippen molar-refractivity contribution in [2.45, 2.75) is 6.54 Å². The van der Waals surface area contributed by atoms with Gasteiger partial charge in [-0.1, -0.05) is 0 Å². The number of urea groups is 1. The van der Waals surface area contributed by atoms with E-state index in [-0.39, 0.29) is 11.6 Å². The molecule has 1 heterocycles. The first-order valence-corrected chi connectivity index (χ1v) is 6.01. The minimum Gasteiger partial charge on any atom is -0.478 e. The van der Waals surface area contributed by atoms with Crippen LogP contribution >= 0.6 is 0 Å². The third-order valence-electron chi connectivity index (χ3n) is 2.58. The number of carboxylic acid groups (broad SMARTS) is 1. The monoisotopic (exact) mass is 274 g/mol. The first kappa shape index (κ1) is 13.6. The summed E-state index contributed by atoms with van der Waals surface area (Å²) in [6.45, 7) is 1.03. The van der Waals surface area contributed by atoms with Crippen molar-refractivity contribution in [3.05, 3.63) is 48.3 Å². The predicted molar refractivity (Wildman–Crippen MR) is 72.6 cm³/mol. The Kier molecular flexibility index (Phi) is 4.33. The third kappa shape index (κ3) is 3.84. The van der Waals surface area contributed by atoms with E-state index in [9.17, 15) is 9.59 Å². The van der Waals surface area contributed by atoms with Crippen LogP contribution in [-0.2, 0) is 6.54 Å². The van der Waals surface area contributed by atoms with Gasteiger partial charge in [0.15, 0.2) is 0 Å². The quantitative estimate of drug-likeness (QED) is 0.768. The fourth-order valence-corrected chi connectivity index (χ4v) is 1.59. The molecular weight excluding hydrogens is 260 g/mol. The lowest BCUT2D eigenvalue weighted by Crippen LogP contribution is -2.31. The molecule has 0 saturated carbocycles. The van der Waals surface area contributed by atoms with E-state index >= 15 is 0 Å². The highest BCUT2D eigenvalue weighted by Crippen LogP contribution is 2.09. The van der Waals surface area contributed by atoms with Crippen molar-refractivity contribution in [1.82, 2.24) is 15.1 Å². The van der Waals surface area contributed by atoms with Crippen LogP contribution < -0.4 is 10.6 Å². The van der Waals surface area contributed by atoms with Gasteiger partial charge in [-0.25, -0.2) is 9.59 Å². The summed E-state index contributed by atoms with van der Waals surface area (Å²) in [6, 6.07) is 7.40. The van der Waals surface area contributed by atoms with Gasteiger partial charge in [0.2, 0.25) is 0 Å². The van der Waals surface area contributed by atoms with E-state index in [0.717, 1.165) is 0 Å². The van der Waals surface area contributed by atoms with Crippen LogP contribution in [0.2, 0.25) is 0 Å². The fraction of sp³-hybridized carbons (Fsp3) is 0.154. The van der Waals surface area contributed by atoms with Gasteiger partial charge in [-0.2, -0.15) is 5.10 Å². The summed E-state index contributed by atoms with van der Waals surface area (Å²) in [5.41, 5.74) is 0.709. The molecule has 20 heavy (non-hydrogen) atoms. The zero-order valence-corrected chi connectivity index (χ0v) is 10.6. The van der Waals surface area contributed by atoms with Crippen molar-refractivity contribution in [1.29, 1.82) is 0 Å².